The van der Waals surface area contributed by atoms with Gasteiger partial charge in [-0.1, -0.05) is 6.07 Å². The summed E-state index contributed by atoms with van der Waals surface area (Å²) in [5, 5.41) is 27.2. The molecule has 0 radical (unpaired) electrons. The van der Waals surface area contributed by atoms with Gasteiger partial charge in [-0.05, 0) is 29.5 Å². The predicted molar refractivity (Wildman–Crippen MR) is 109 cm³/mol. The predicted octanol–water partition coefficient (Wildman–Crippen LogP) is 1.32. The highest BCUT2D eigenvalue weighted by Crippen LogP contribution is 2.29. The molecular weight excluding hydrogens is 427 g/mol. The number of rotatable bonds is 5. The van der Waals surface area contributed by atoms with E-state index < -0.39 is 18.0 Å². The van der Waals surface area contributed by atoms with Crippen molar-refractivity contribution in [2.45, 2.75) is 6.10 Å². The molecule has 2 N–H and O–H groups in total. The van der Waals surface area contributed by atoms with E-state index in [9.17, 15) is 9.18 Å². The molecule has 3 heterocycles. The Labute approximate surface area is 181 Å². The van der Waals surface area contributed by atoms with Crippen LogP contribution >= 0.6 is 0 Å². The Balaban J connectivity index is 0.000000860. The van der Waals surface area contributed by atoms with E-state index in [0.29, 0.717) is 28.3 Å². The molecule has 0 bridgehead atoms. The zero-order chi connectivity index (χ0) is 23.7. The van der Waals surface area contributed by atoms with E-state index in [-0.39, 0.29) is 13.2 Å². The molecule has 3 aromatic rings. The van der Waals surface area contributed by atoms with E-state index in [4.69, 9.17) is 19.9 Å². The second-order valence-electron chi connectivity index (χ2n) is 6.11. The lowest BCUT2D eigenvalue weighted by atomic mass is 10.1. The second-order valence-corrected chi connectivity index (χ2v) is 6.11. The maximum absolute atomic E-state index is 14.7. The molecule has 170 valence electrons. The van der Waals surface area contributed by atoms with Crippen molar-refractivity contribution in [1.82, 2.24) is 25.2 Å². The number of benzene rings is 1. The third-order valence-corrected chi connectivity index (χ3v) is 4.21. The molecule has 1 aliphatic heterocycles. The van der Waals surface area contributed by atoms with Crippen molar-refractivity contribution in [1.29, 1.82) is 0 Å². The number of cyclic esters (lactones) is 1. The summed E-state index contributed by atoms with van der Waals surface area (Å²) in [5.74, 6) is -0.141. The van der Waals surface area contributed by atoms with Crippen LogP contribution < -0.4 is 4.90 Å². The molecule has 0 aliphatic carbocycles. The van der Waals surface area contributed by atoms with Gasteiger partial charge in [0.2, 0.25) is 5.82 Å². The highest BCUT2D eigenvalue weighted by Gasteiger charge is 2.33. The number of hydrogen-bond donors (Lipinski definition) is 2. The third-order valence-electron chi connectivity index (χ3n) is 4.21. The number of carbonyl (C=O) groups excluding carboxylic acids is 2. The number of tetrazole rings is 1. The Morgan fingerprint density at radius 3 is 2.59 bits per heavy atom. The Bertz CT molecular complexity index is 1030. The summed E-state index contributed by atoms with van der Waals surface area (Å²) in [7, 11) is 2.65. The average molecular weight is 448 g/mol. The van der Waals surface area contributed by atoms with Crippen LogP contribution in [-0.4, -0.2) is 74.8 Å². The molecule has 2 aromatic heterocycles. The van der Waals surface area contributed by atoms with Crippen LogP contribution in [0.4, 0.5) is 14.9 Å². The number of amides is 1. The van der Waals surface area contributed by atoms with Gasteiger partial charge in [0.25, 0.3) is 0 Å². The van der Waals surface area contributed by atoms with Crippen molar-refractivity contribution in [3.05, 3.63) is 42.3 Å². The SMILES string of the molecule is C=O.CO.Cn1nnc(-c2ccc(-c3ccc(N4C[C@H](COO)OC4=O)cc3F)cn2)n1. The summed E-state index contributed by atoms with van der Waals surface area (Å²) in [6, 6.07) is 7.80. The van der Waals surface area contributed by atoms with Gasteiger partial charge in [0.15, 0.2) is 0 Å². The first kappa shape index (κ1) is 24.5. The molecule has 0 spiro atoms. The van der Waals surface area contributed by atoms with Crippen molar-refractivity contribution in [2.75, 3.05) is 25.2 Å². The quantitative estimate of drug-likeness (QED) is 0.431. The minimum atomic E-state index is -0.628. The van der Waals surface area contributed by atoms with Crippen LogP contribution in [0.5, 0.6) is 0 Å². The summed E-state index contributed by atoms with van der Waals surface area (Å²) in [6.07, 6.45) is 0.270. The lowest BCUT2D eigenvalue weighted by molar-refractivity contribution is -0.253. The average Bonchev–Trinajstić information content (AvgIpc) is 3.42. The van der Waals surface area contributed by atoms with Gasteiger partial charge in [0.05, 0.1) is 19.3 Å². The fourth-order valence-corrected chi connectivity index (χ4v) is 2.88. The van der Waals surface area contributed by atoms with Crippen molar-refractivity contribution in [3.8, 4) is 22.6 Å². The molecule has 1 fully saturated rings. The van der Waals surface area contributed by atoms with E-state index in [0.717, 1.165) is 7.11 Å². The van der Waals surface area contributed by atoms with Crippen LogP contribution in [0.25, 0.3) is 22.6 Å². The molecule has 4 rings (SSSR count). The number of anilines is 1. The van der Waals surface area contributed by atoms with Gasteiger partial charge in [-0.15, -0.1) is 10.2 Å². The molecule has 32 heavy (non-hydrogen) atoms. The van der Waals surface area contributed by atoms with Gasteiger partial charge < -0.3 is 14.6 Å². The fraction of sp³-hybridized carbons (Fsp3) is 0.263. The molecule has 13 heteroatoms. The number of hydrogen-bond acceptors (Lipinski definition) is 10. The van der Waals surface area contributed by atoms with E-state index in [1.54, 1.807) is 31.3 Å². The lowest BCUT2D eigenvalue weighted by Crippen LogP contribution is -2.25. The van der Waals surface area contributed by atoms with Gasteiger partial charge in [-0.3, -0.25) is 15.1 Å². The van der Waals surface area contributed by atoms with Crippen molar-refractivity contribution >= 4 is 18.6 Å². The van der Waals surface area contributed by atoms with E-state index in [1.165, 1.54) is 22.0 Å². The number of halogens is 1. The second kappa shape index (κ2) is 11.5. The molecule has 1 aliphatic rings. The first-order chi connectivity index (χ1) is 15.5. The number of aliphatic hydroxyl groups excluding tert-OH is 1. The normalized spacial score (nSPS) is 14.7. The minimum Gasteiger partial charge on any atom is -0.441 e. The molecule has 1 amide bonds. The Kier molecular flexibility index (Phi) is 8.83. The van der Waals surface area contributed by atoms with Gasteiger partial charge in [-0.25, -0.2) is 14.1 Å². The molecule has 1 saturated heterocycles. The summed E-state index contributed by atoms with van der Waals surface area (Å²) >= 11 is 0. The van der Waals surface area contributed by atoms with Crippen LogP contribution in [0.2, 0.25) is 0 Å². The third kappa shape index (κ3) is 5.46. The van der Waals surface area contributed by atoms with E-state index in [2.05, 4.69) is 25.3 Å². The van der Waals surface area contributed by atoms with Gasteiger partial charge in [-0.2, -0.15) is 4.80 Å². The number of aryl methyl sites for hydroxylation is 1. The number of nitrogens with zero attached hydrogens (tertiary/aromatic N) is 6. The van der Waals surface area contributed by atoms with Crippen molar-refractivity contribution < 1.29 is 34.0 Å². The molecule has 12 nitrogen and oxygen atoms in total. The number of aliphatic hydroxyl groups is 1. The molecule has 0 unspecified atom stereocenters. The summed E-state index contributed by atoms with van der Waals surface area (Å²) in [4.78, 5) is 30.8. The topological polar surface area (TPSA) is 153 Å². The highest BCUT2D eigenvalue weighted by molar-refractivity contribution is 5.90. The maximum Gasteiger partial charge on any atom is 0.414 e. The molecular formula is C19H21FN6O6. The summed E-state index contributed by atoms with van der Waals surface area (Å²) in [5.41, 5.74) is 1.76. The van der Waals surface area contributed by atoms with Crippen LogP contribution in [0.1, 0.15) is 0 Å². The Hall–Kier alpha value is -3.81. The first-order valence-corrected chi connectivity index (χ1v) is 9.03. The Morgan fingerprint density at radius 1 is 1.28 bits per heavy atom. The van der Waals surface area contributed by atoms with Crippen LogP contribution in [0.3, 0.4) is 0 Å². The molecule has 0 saturated carbocycles. The zero-order valence-electron chi connectivity index (χ0n) is 17.3. The fourth-order valence-electron chi connectivity index (χ4n) is 2.88. The first-order valence-electron chi connectivity index (χ1n) is 9.03. The van der Waals surface area contributed by atoms with E-state index in [1.807, 2.05) is 6.79 Å². The molecule has 1 aromatic carbocycles. The van der Waals surface area contributed by atoms with Crippen LogP contribution in [0, 0.1) is 5.82 Å². The van der Waals surface area contributed by atoms with Gasteiger partial charge in [0.1, 0.15) is 31.0 Å². The highest BCUT2D eigenvalue weighted by atomic mass is 19.1. The maximum atomic E-state index is 14.7. The number of carbonyl (C=O) groups is 2. The standard InChI is InChI=1S/C17H15FN6O4.CH4O.CH2O/c1-23-21-16(20-22-23)15-5-2-10(7-19-15)13-4-3-11(6-14(13)18)24-8-12(9-27-26)28-17(24)25;2*1-2/h2-7,12,26H,8-9H2,1H3;2H,1H3;1H2/t12-;;/m1../s1. The number of ether oxygens (including phenoxy) is 1. The lowest BCUT2D eigenvalue weighted by Gasteiger charge is -2.14. The summed E-state index contributed by atoms with van der Waals surface area (Å²) < 4.78 is 19.7. The zero-order valence-corrected chi connectivity index (χ0v) is 17.3. The van der Waals surface area contributed by atoms with Crippen molar-refractivity contribution in [2.24, 2.45) is 7.05 Å². The minimum absolute atomic E-state index is 0.151. The van der Waals surface area contributed by atoms with Gasteiger partial charge >= 0.3 is 6.09 Å². The largest absolute Gasteiger partial charge is 0.441 e. The molecule has 1 atom stereocenters. The number of aromatic nitrogens is 5. The van der Waals surface area contributed by atoms with Crippen LogP contribution in [0.15, 0.2) is 36.5 Å². The van der Waals surface area contributed by atoms with Crippen molar-refractivity contribution in [3.63, 3.8) is 0 Å². The van der Waals surface area contributed by atoms with Gasteiger partial charge in [0, 0.05) is 24.4 Å². The smallest absolute Gasteiger partial charge is 0.414 e. The summed E-state index contributed by atoms with van der Waals surface area (Å²) in [6.45, 7) is 2.00. The monoisotopic (exact) mass is 448 g/mol. The Morgan fingerprint density at radius 2 is 2.03 bits per heavy atom. The van der Waals surface area contributed by atoms with Crippen LogP contribution in [-0.2, 0) is 21.5 Å². The number of pyridine rings is 1. The van der Waals surface area contributed by atoms with E-state index >= 15 is 0 Å².